The van der Waals surface area contributed by atoms with Crippen LogP contribution in [0.3, 0.4) is 0 Å². The van der Waals surface area contributed by atoms with E-state index in [0.717, 1.165) is 5.71 Å². The number of oxime groups is 1. The van der Waals surface area contributed by atoms with Gasteiger partial charge in [0.15, 0.2) is 0 Å². The fraction of sp³-hybridized carbons (Fsp3) is 0.600. The highest BCUT2D eigenvalue weighted by atomic mass is 16.7. The Morgan fingerprint density at radius 3 is 2.89 bits per heavy atom. The van der Waals surface area contributed by atoms with Gasteiger partial charge >= 0.3 is 5.97 Å². The van der Waals surface area contributed by atoms with Crippen LogP contribution < -0.4 is 0 Å². The molecule has 1 rings (SSSR count). The van der Waals surface area contributed by atoms with E-state index in [1.54, 1.807) is 6.92 Å². The highest BCUT2D eigenvalue weighted by Gasteiger charge is 2.24. The summed E-state index contributed by atoms with van der Waals surface area (Å²) in [7, 11) is 0. The monoisotopic (exact) mass is 129 g/mol. The minimum Gasteiger partial charge on any atom is -0.478 e. The zero-order chi connectivity index (χ0) is 6.85. The quantitative estimate of drug-likeness (QED) is 0.551. The second-order valence-electron chi connectivity index (χ2n) is 1.96. The number of hydrogen-bond acceptors (Lipinski definition) is 3. The molecule has 4 heteroatoms. The molecule has 0 saturated heterocycles. The Morgan fingerprint density at radius 2 is 2.67 bits per heavy atom. The second-order valence-corrected chi connectivity index (χ2v) is 1.96. The first-order valence-electron chi connectivity index (χ1n) is 2.62. The highest BCUT2D eigenvalue weighted by molar-refractivity contribution is 5.88. The normalized spacial score (nSPS) is 25.0. The summed E-state index contributed by atoms with van der Waals surface area (Å²) >= 11 is 0. The van der Waals surface area contributed by atoms with E-state index in [9.17, 15) is 4.79 Å². The average molecular weight is 129 g/mol. The third-order valence-corrected chi connectivity index (χ3v) is 1.09. The zero-order valence-electron chi connectivity index (χ0n) is 5.00. The van der Waals surface area contributed by atoms with Gasteiger partial charge in [0.05, 0.1) is 5.71 Å². The molecule has 0 bridgehead atoms. The molecular formula is C5H7NO3. The second kappa shape index (κ2) is 2.05. The summed E-state index contributed by atoms with van der Waals surface area (Å²) in [5.41, 5.74) is 0.738. The first-order chi connectivity index (χ1) is 4.20. The number of nitrogens with zero attached hydrogens (tertiary/aromatic N) is 1. The molecular weight excluding hydrogens is 122 g/mol. The van der Waals surface area contributed by atoms with Gasteiger partial charge < -0.3 is 9.94 Å². The zero-order valence-corrected chi connectivity index (χ0v) is 5.00. The van der Waals surface area contributed by atoms with Crippen LogP contribution >= 0.6 is 0 Å². The molecule has 50 valence electrons. The van der Waals surface area contributed by atoms with E-state index in [-0.39, 0.29) is 0 Å². The number of carboxylic acids is 1. The van der Waals surface area contributed by atoms with Gasteiger partial charge in [-0.2, -0.15) is 0 Å². The Morgan fingerprint density at radius 1 is 2.00 bits per heavy atom. The van der Waals surface area contributed by atoms with E-state index in [4.69, 9.17) is 5.11 Å². The van der Waals surface area contributed by atoms with Crippen molar-refractivity contribution in [3.8, 4) is 0 Å². The molecule has 4 nitrogen and oxygen atoms in total. The van der Waals surface area contributed by atoms with Gasteiger partial charge in [0.2, 0.25) is 6.10 Å². The smallest absolute Gasteiger partial charge is 0.348 e. The average Bonchev–Trinajstić information content (AvgIpc) is 2.14. The SMILES string of the molecule is CC1=NOC(C(=O)O)C1. The topological polar surface area (TPSA) is 58.9 Å². The van der Waals surface area contributed by atoms with Gasteiger partial charge in [-0.1, -0.05) is 5.16 Å². The van der Waals surface area contributed by atoms with Gasteiger partial charge in [-0.25, -0.2) is 4.79 Å². The van der Waals surface area contributed by atoms with Crippen LogP contribution in [0.5, 0.6) is 0 Å². The van der Waals surface area contributed by atoms with Crippen LogP contribution in [-0.2, 0) is 9.63 Å². The lowest BCUT2D eigenvalue weighted by molar-refractivity contribution is -0.148. The van der Waals surface area contributed by atoms with Crippen molar-refractivity contribution in [1.82, 2.24) is 0 Å². The summed E-state index contributed by atoms with van der Waals surface area (Å²) in [5, 5.41) is 11.8. The van der Waals surface area contributed by atoms with Crippen molar-refractivity contribution >= 4 is 11.7 Å². The third-order valence-electron chi connectivity index (χ3n) is 1.09. The maximum atomic E-state index is 10.1. The first-order valence-corrected chi connectivity index (χ1v) is 2.62. The van der Waals surface area contributed by atoms with Crippen molar-refractivity contribution in [2.24, 2.45) is 5.16 Å². The molecule has 9 heavy (non-hydrogen) atoms. The van der Waals surface area contributed by atoms with Gasteiger partial charge in [-0.3, -0.25) is 0 Å². The summed E-state index contributed by atoms with van der Waals surface area (Å²) in [6.07, 6.45) is -0.333. The lowest BCUT2D eigenvalue weighted by Gasteiger charge is -1.97. The molecule has 1 unspecified atom stereocenters. The Hall–Kier alpha value is -1.06. The summed E-state index contributed by atoms with van der Waals surface area (Å²) in [5.74, 6) is -0.949. The Kier molecular flexibility index (Phi) is 1.38. The van der Waals surface area contributed by atoms with Gasteiger partial charge in [-0.15, -0.1) is 0 Å². The largest absolute Gasteiger partial charge is 0.478 e. The molecule has 0 aromatic rings. The molecule has 0 saturated carbocycles. The Balaban J connectivity index is 2.47. The van der Waals surface area contributed by atoms with E-state index < -0.39 is 12.1 Å². The Bertz CT molecular complexity index is 164. The highest BCUT2D eigenvalue weighted by Crippen LogP contribution is 2.09. The molecule has 0 fully saturated rings. The van der Waals surface area contributed by atoms with Crippen molar-refractivity contribution in [3.05, 3.63) is 0 Å². The predicted octanol–water partition coefficient (Wildman–Crippen LogP) is 0.236. The summed E-state index contributed by atoms with van der Waals surface area (Å²) < 4.78 is 0. The van der Waals surface area contributed by atoms with E-state index >= 15 is 0 Å². The van der Waals surface area contributed by atoms with Gasteiger partial charge in [-0.05, 0) is 6.92 Å². The number of carbonyl (C=O) groups is 1. The van der Waals surface area contributed by atoms with Crippen LogP contribution in [0.25, 0.3) is 0 Å². The molecule has 1 aliphatic rings. The van der Waals surface area contributed by atoms with Crippen molar-refractivity contribution in [3.63, 3.8) is 0 Å². The van der Waals surface area contributed by atoms with Crippen LogP contribution in [0, 0.1) is 0 Å². The minimum atomic E-state index is -0.949. The fourth-order valence-corrected chi connectivity index (χ4v) is 0.629. The molecule has 0 aromatic carbocycles. The lowest BCUT2D eigenvalue weighted by Crippen LogP contribution is -2.19. The molecule has 0 amide bonds. The number of rotatable bonds is 1. The number of carboxylic acid groups (broad SMARTS) is 1. The predicted molar refractivity (Wildman–Crippen MR) is 30.2 cm³/mol. The molecule has 1 aliphatic heterocycles. The molecule has 1 N–H and O–H groups in total. The summed E-state index contributed by atoms with van der Waals surface area (Å²) in [6, 6.07) is 0. The van der Waals surface area contributed by atoms with Gasteiger partial charge in [0.1, 0.15) is 0 Å². The van der Waals surface area contributed by atoms with Crippen molar-refractivity contribution in [2.45, 2.75) is 19.4 Å². The van der Waals surface area contributed by atoms with E-state index in [2.05, 4.69) is 9.99 Å². The van der Waals surface area contributed by atoms with Crippen molar-refractivity contribution in [2.75, 3.05) is 0 Å². The molecule has 1 atom stereocenters. The van der Waals surface area contributed by atoms with Crippen molar-refractivity contribution in [1.29, 1.82) is 0 Å². The molecule has 1 heterocycles. The number of hydrogen-bond donors (Lipinski definition) is 1. The summed E-state index contributed by atoms with van der Waals surface area (Å²) in [4.78, 5) is 14.7. The maximum Gasteiger partial charge on any atom is 0.348 e. The first kappa shape index (κ1) is 6.07. The van der Waals surface area contributed by atoms with Gasteiger partial charge in [0, 0.05) is 6.42 Å². The van der Waals surface area contributed by atoms with Crippen LogP contribution in [0.4, 0.5) is 0 Å². The molecule has 0 radical (unpaired) electrons. The van der Waals surface area contributed by atoms with Crippen molar-refractivity contribution < 1.29 is 14.7 Å². The van der Waals surface area contributed by atoms with Gasteiger partial charge in [0.25, 0.3) is 0 Å². The standard InChI is InChI=1S/C5H7NO3/c1-3-2-4(5(7)8)9-6-3/h4H,2H2,1H3,(H,7,8). The third kappa shape index (κ3) is 1.19. The lowest BCUT2D eigenvalue weighted by atomic mass is 10.2. The van der Waals surface area contributed by atoms with Crippen LogP contribution in [0.2, 0.25) is 0 Å². The fourth-order valence-electron chi connectivity index (χ4n) is 0.629. The van der Waals surface area contributed by atoms with E-state index in [1.807, 2.05) is 0 Å². The van der Waals surface area contributed by atoms with E-state index in [0.29, 0.717) is 6.42 Å². The molecule has 0 aliphatic carbocycles. The maximum absolute atomic E-state index is 10.1. The summed E-state index contributed by atoms with van der Waals surface area (Å²) in [6.45, 7) is 1.74. The van der Waals surface area contributed by atoms with Crippen LogP contribution in [-0.4, -0.2) is 22.9 Å². The Labute approximate surface area is 52.1 Å². The van der Waals surface area contributed by atoms with Crippen LogP contribution in [0.1, 0.15) is 13.3 Å². The minimum absolute atomic E-state index is 0.412. The molecule has 0 aromatic heterocycles. The van der Waals surface area contributed by atoms with Crippen LogP contribution in [0.15, 0.2) is 5.16 Å². The van der Waals surface area contributed by atoms with E-state index in [1.165, 1.54) is 0 Å². The number of aliphatic carboxylic acids is 1. The molecule has 0 spiro atoms.